The SMILES string of the molecule is CC(C)c1cc(C(=O)N(C(C)C)C(C)C)c(OCc2ccccc2)c(C(=O)N(C(C)C)C(C)C)c1. The van der Waals surface area contributed by atoms with Crippen molar-refractivity contribution in [2.75, 3.05) is 0 Å². The molecule has 0 fully saturated rings. The quantitative estimate of drug-likeness (QED) is 0.371. The Morgan fingerprint density at radius 2 is 1.09 bits per heavy atom. The van der Waals surface area contributed by atoms with Gasteiger partial charge in [0, 0.05) is 24.2 Å². The van der Waals surface area contributed by atoms with E-state index in [1.165, 1.54) is 0 Å². The summed E-state index contributed by atoms with van der Waals surface area (Å²) in [6.45, 7) is 20.5. The second-order valence-electron chi connectivity index (χ2n) is 10.7. The lowest BCUT2D eigenvalue weighted by molar-refractivity contribution is 0.0633. The summed E-state index contributed by atoms with van der Waals surface area (Å²) in [5.74, 6) is 0.283. The van der Waals surface area contributed by atoms with Crippen LogP contribution in [0.4, 0.5) is 0 Å². The Bertz CT molecular complexity index is 925. The third-order valence-corrected chi connectivity index (χ3v) is 6.16. The molecular formula is C30H44N2O3. The van der Waals surface area contributed by atoms with Gasteiger partial charge in [-0.05, 0) is 84.6 Å². The molecule has 0 aromatic heterocycles. The molecule has 5 nitrogen and oxygen atoms in total. The zero-order chi connectivity index (χ0) is 26.4. The smallest absolute Gasteiger partial charge is 0.258 e. The second-order valence-corrected chi connectivity index (χ2v) is 10.7. The first-order valence-electron chi connectivity index (χ1n) is 12.9. The van der Waals surface area contributed by atoms with Crippen molar-refractivity contribution in [2.45, 2.75) is 106 Å². The van der Waals surface area contributed by atoms with Gasteiger partial charge in [-0.3, -0.25) is 9.59 Å². The van der Waals surface area contributed by atoms with Gasteiger partial charge in [0.1, 0.15) is 12.4 Å². The molecule has 35 heavy (non-hydrogen) atoms. The lowest BCUT2D eigenvalue weighted by atomic mass is 9.94. The molecule has 0 saturated carbocycles. The third-order valence-electron chi connectivity index (χ3n) is 6.16. The summed E-state index contributed by atoms with van der Waals surface area (Å²) in [5.41, 5.74) is 2.82. The first-order valence-corrected chi connectivity index (χ1v) is 12.9. The Hall–Kier alpha value is -2.82. The van der Waals surface area contributed by atoms with E-state index in [9.17, 15) is 9.59 Å². The minimum atomic E-state index is -0.116. The minimum absolute atomic E-state index is 0.00848. The number of benzene rings is 2. The third kappa shape index (κ3) is 6.87. The Kier molecular flexibility index (Phi) is 9.93. The van der Waals surface area contributed by atoms with Crippen LogP contribution in [-0.2, 0) is 6.61 Å². The van der Waals surface area contributed by atoms with Gasteiger partial charge in [-0.2, -0.15) is 0 Å². The molecule has 0 bridgehead atoms. The highest BCUT2D eigenvalue weighted by Crippen LogP contribution is 2.34. The fourth-order valence-electron chi connectivity index (χ4n) is 4.60. The van der Waals surface area contributed by atoms with Crippen molar-refractivity contribution >= 4 is 11.8 Å². The van der Waals surface area contributed by atoms with E-state index in [0.717, 1.165) is 11.1 Å². The Balaban J connectivity index is 2.78. The van der Waals surface area contributed by atoms with E-state index in [2.05, 4.69) is 13.8 Å². The molecule has 0 atom stereocenters. The van der Waals surface area contributed by atoms with Crippen molar-refractivity contribution in [2.24, 2.45) is 0 Å². The van der Waals surface area contributed by atoms with Crippen LogP contribution in [0.5, 0.6) is 5.75 Å². The Morgan fingerprint density at radius 3 is 1.43 bits per heavy atom. The highest BCUT2D eigenvalue weighted by atomic mass is 16.5. The largest absolute Gasteiger partial charge is 0.487 e. The van der Waals surface area contributed by atoms with E-state index in [-0.39, 0.29) is 48.5 Å². The van der Waals surface area contributed by atoms with Crippen molar-refractivity contribution in [1.29, 1.82) is 0 Å². The van der Waals surface area contributed by atoms with Crippen LogP contribution in [0, 0.1) is 0 Å². The lowest BCUT2D eigenvalue weighted by Crippen LogP contribution is -2.43. The maximum atomic E-state index is 14.0. The standard InChI is InChI=1S/C30H44N2O3/c1-19(2)25-16-26(29(33)31(20(3)4)21(5)6)28(35-18-24-14-12-11-13-15-24)27(17-25)30(34)32(22(7)8)23(9)10/h11-17,19-23H,18H2,1-10H3. The normalized spacial score (nSPS) is 11.6. The fourth-order valence-corrected chi connectivity index (χ4v) is 4.60. The zero-order valence-corrected chi connectivity index (χ0v) is 23.3. The molecule has 2 aromatic carbocycles. The summed E-state index contributed by atoms with van der Waals surface area (Å²) in [6.07, 6.45) is 0. The van der Waals surface area contributed by atoms with E-state index in [4.69, 9.17) is 4.74 Å². The monoisotopic (exact) mass is 480 g/mol. The molecule has 2 aromatic rings. The molecule has 0 radical (unpaired) electrons. The molecular weight excluding hydrogens is 436 g/mol. The maximum absolute atomic E-state index is 14.0. The van der Waals surface area contributed by atoms with Crippen LogP contribution < -0.4 is 4.74 Å². The Morgan fingerprint density at radius 1 is 0.686 bits per heavy atom. The van der Waals surface area contributed by atoms with Crippen LogP contribution in [0.2, 0.25) is 0 Å². The molecule has 0 heterocycles. The highest BCUT2D eigenvalue weighted by Gasteiger charge is 2.31. The van der Waals surface area contributed by atoms with Crippen molar-refractivity contribution in [3.05, 3.63) is 64.7 Å². The zero-order valence-electron chi connectivity index (χ0n) is 23.3. The number of amides is 2. The van der Waals surface area contributed by atoms with E-state index in [0.29, 0.717) is 16.9 Å². The number of ether oxygens (including phenoxy) is 1. The number of carbonyl (C=O) groups excluding carboxylic acids is 2. The molecule has 0 saturated heterocycles. The predicted molar refractivity (Wildman–Crippen MR) is 144 cm³/mol. The molecule has 2 rings (SSSR count). The maximum Gasteiger partial charge on any atom is 0.258 e. The summed E-state index contributed by atoms with van der Waals surface area (Å²) in [4.78, 5) is 31.6. The molecule has 0 aliphatic heterocycles. The molecule has 0 aliphatic rings. The number of carbonyl (C=O) groups is 2. The van der Waals surface area contributed by atoms with Crippen LogP contribution in [0.3, 0.4) is 0 Å². The second kappa shape index (κ2) is 12.2. The molecule has 0 unspecified atom stereocenters. The van der Waals surface area contributed by atoms with Gasteiger partial charge < -0.3 is 14.5 Å². The summed E-state index contributed by atoms with van der Waals surface area (Å²) < 4.78 is 6.36. The predicted octanol–water partition coefficient (Wildman–Crippen LogP) is 6.91. The van der Waals surface area contributed by atoms with Crippen molar-refractivity contribution in [3.63, 3.8) is 0 Å². The van der Waals surface area contributed by atoms with Gasteiger partial charge in [-0.25, -0.2) is 0 Å². The van der Waals surface area contributed by atoms with E-state index in [1.54, 1.807) is 0 Å². The average Bonchev–Trinajstić information content (AvgIpc) is 2.76. The molecule has 2 amide bonds. The number of rotatable bonds is 10. The minimum Gasteiger partial charge on any atom is -0.487 e. The Labute approximate surface area is 212 Å². The van der Waals surface area contributed by atoms with Crippen LogP contribution in [0.25, 0.3) is 0 Å². The van der Waals surface area contributed by atoms with Gasteiger partial charge in [0.15, 0.2) is 0 Å². The van der Waals surface area contributed by atoms with E-state index in [1.807, 2.05) is 108 Å². The molecule has 5 heteroatoms. The first kappa shape index (κ1) is 28.4. The fraction of sp³-hybridized carbons (Fsp3) is 0.533. The summed E-state index contributed by atoms with van der Waals surface area (Å²) in [6, 6.07) is 13.7. The van der Waals surface area contributed by atoms with Crippen LogP contribution in [0.15, 0.2) is 42.5 Å². The lowest BCUT2D eigenvalue weighted by Gasteiger charge is -2.34. The van der Waals surface area contributed by atoms with Gasteiger partial charge in [-0.15, -0.1) is 0 Å². The first-order chi connectivity index (χ1) is 16.4. The van der Waals surface area contributed by atoms with Crippen molar-refractivity contribution in [3.8, 4) is 5.75 Å². The molecule has 0 aliphatic carbocycles. The van der Waals surface area contributed by atoms with Gasteiger partial charge in [0.2, 0.25) is 0 Å². The van der Waals surface area contributed by atoms with Crippen LogP contribution in [0.1, 0.15) is 107 Å². The van der Waals surface area contributed by atoms with Crippen LogP contribution >= 0.6 is 0 Å². The molecule has 192 valence electrons. The summed E-state index contributed by atoms with van der Waals surface area (Å²) in [7, 11) is 0. The van der Waals surface area contributed by atoms with E-state index < -0.39 is 0 Å². The topological polar surface area (TPSA) is 49.9 Å². The van der Waals surface area contributed by atoms with Crippen LogP contribution in [-0.4, -0.2) is 45.8 Å². The van der Waals surface area contributed by atoms with Crippen molar-refractivity contribution < 1.29 is 14.3 Å². The molecule has 0 N–H and O–H groups in total. The average molecular weight is 481 g/mol. The van der Waals surface area contributed by atoms with Gasteiger partial charge in [0.05, 0.1) is 11.1 Å². The number of nitrogens with zero attached hydrogens (tertiary/aromatic N) is 2. The van der Waals surface area contributed by atoms with Gasteiger partial charge in [-0.1, -0.05) is 44.2 Å². The molecule has 0 spiro atoms. The summed E-state index contributed by atoms with van der Waals surface area (Å²) >= 11 is 0. The highest BCUT2D eigenvalue weighted by molar-refractivity contribution is 6.04. The summed E-state index contributed by atoms with van der Waals surface area (Å²) in [5, 5.41) is 0. The van der Waals surface area contributed by atoms with Crippen molar-refractivity contribution in [1.82, 2.24) is 9.80 Å². The van der Waals surface area contributed by atoms with Gasteiger partial charge >= 0.3 is 0 Å². The van der Waals surface area contributed by atoms with E-state index >= 15 is 0 Å². The van der Waals surface area contributed by atoms with Gasteiger partial charge in [0.25, 0.3) is 11.8 Å². The number of hydrogen-bond donors (Lipinski definition) is 0. The number of hydrogen-bond acceptors (Lipinski definition) is 3.